The Kier molecular flexibility index (Phi) is 5.40. The van der Waals surface area contributed by atoms with Crippen LogP contribution in [-0.2, 0) is 0 Å². The number of hydrogen-bond donors (Lipinski definition) is 1. The van der Waals surface area contributed by atoms with Crippen molar-refractivity contribution < 1.29 is 17.7 Å². The molecule has 0 amide bonds. The van der Waals surface area contributed by atoms with Gasteiger partial charge in [0.15, 0.2) is 5.82 Å². The molecule has 1 atom stereocenters. The smallest absolute Gasteiger partial charge is 0.203 e. The maximum atomic E-state index is 4.85. The number of quaternary nitrogens is 1. The van der Waals surface area contributed by atoms with Crippen LogP contribution in [0, 0.1) is 6.92 Å². The fourth-order valence-corrected chi connectivity index (χ4v) is 3.90. The molecule has 5 heteroatoms. The molecule has 1 fully saturated rings. The number of fused-ring (bicyclic) bond motifs is 1. The van der Waals surface area contributed by atoms with Crippen molar-refractivity contribution in [1.29, 1.82) is 0 Å². The van der Waals surface area contributed by atoms with Crippen LogP contribution in [0.1, 0.15) is 49.7 Å². The monoisotopic (exact) mass is 356 g/mol. The fourth-order valence-electron chi connectivity index (χ4n) is 3.90. The number of hydrogen-bond acceptors (Lipinski definition) is 3. The second-order valence-corrected chi connectivity index (χ2v) is 6.75. The summed E-state index contributed by atoms with van der Waals surface area (Å²) in [5, 5.41) is 2.26. The van der Waals surface area contributed by atoms with Gasteiger partial charge in [0.25, 0.3) is 0 Å². The standard InChI is InChI=1S/C20H24N4.ClH/c1-3-16-11-7-8-12-24(16)20-19-18(21-14(2)22-20)13-17(23-19)15-9-5-4-6-10-15;/h4-6,9-10,13,16,23H,3,7-8,11-12H2,1-2H3;1H. The van der Waals surface area contributed by atoms with Crippen LogP contribution in [0.25, 0.3) is 11.8 Å². The van der Waals surface area contributed by atoms with Crippen molar-refractivity contribution in [2.24, 2.45) is 0 Å². The van der Waals surface area contributed by atoms with E-state index in [2.05, 4.69) is 53.5 Å². The van der Waals surface area contributed by atoms with E-state index in [1.165, 1.54) is 42.6 Å². The molecule has 0 bridgehead atoms. The van der Waals surface area contributed by atoms with Gasteiger partial charge in [-0.2, -0.15) is 0 Å². The Morgan fingerprint density at radius 3 is 2.72 bits per heavy atom. The van der Waals surface area contributed by atoms with E-state index < -0.39 is 0 Å². The second-order valence-electron chi connectivity index (χ2n) is 6.75. The quantitative estimate of drug-likeness (QED) is 0.858. The highest BCUT2D eigenvalue weighted by Crippen LogP contribution is 2.34. The normalized spacial score (nSPS) is 19.2. The summed E-state index contributed by atoms with van der Waals surface area (Å²) in [6, 6.07) is 11.1. The van der Waals surface area contributed by atoms with Crippen LogP contribution in [0.2, 0.25) is 0 Å². The number of aromatic nitrogens is 2. The van der Waals surface area contributed by atoms with Gasteiger partial charge in [0.1, 0.15) is 17.2 Å². The molecule has 2 aromatic rings. The lowest BCUT2D eigenvalue weighted by Crippen LogP contribution is -3.00. The first-order chi connectivity index (χ1) is 11.8. The molecule has 0 spiro atoms. The SMILES string of the molecule is CCC1CCCCN1c1nc(C)nc2c1[NH2+]C(c1ccccc1)=C2.[Cl-]. The van der Waals surface area contributed by atoms with Crippen molar-refractivity contribution in [3.05, 3.63) is 47.4 Å². The Bertz CT molecular complexity index is 773. The summed E-state index contributed by atoms with van der Waals surface area (Å²) < 4.78 is 0. The second kappa shape index (κ2) is 7.54. The lowest BCUT2D eigenvalue weighted by Gasteiger charge is -2.36. The number of nitrogens with zero attached hydrogens (tertiary/aromatic N) is 3. The summed E-state index contributed by atoms with van der Waals surface area (Å²) in [4.78, 5) is 12.1. The minimum Gasteiger partial charge on any atom is -1.00 e. The molecule has 2 aliphatic rings. The molecule has 1 aromatic carbocycles. The molecule has 3 heterocycles. The van der Waals surface area contributed by atoms with Crippen LogP contribution in [0.4, 0.5) is 11.5 Å². The molecule has 1 aromatic heterocycles. The summed E-state index contributed by atoms with van der Waals surface area (Å²) in [7, 11) is 0. The molecule has 0 aliphatic carbocycles. The average Bonchev–Trinajstić information content (AvgIpc) is 3.05. The molecule has 4 rings (SSSR count). The zero-order valence-electron chi connectivity index (χ0n) is 14.9. The van der Waals surface area contributed by atoms with E-state index in [-0.39, 0.29) is 12.4 Å². The van der Waals surface area contributed by atoms with Crippen LogP contribution >= 0.6 is 0 Å². The summed E-state index contributed by atoms with van der Waals surface area (Å²) in [5.74, 6) is 1.99. The highest BCUT2D eigenvalue weighted by Gasteiger charge is 2.31. The highest BCUT2D eigenvalue weighted by atomic mass is 35.5. The van der Waals surface area contributed by atoms with Crippen LogP contribution in [0.5, 0.6) is 0 Å². The minimum atomic E-state index is 0. The molecule has 0 radical (unpaired) electrons. The first-order valence-electron chi connectivity index (χ1n) is 9.03. The van der Waals surface area contributed by atoms with E-state index in [0.29, 0.717) is 6.04 Å². The Hall–Kier alpha value is -1.91. The van der Waals surface area contributed by atoms with Gasteiger partial charge in [-0.15, -0.1) is 0 Å². The van der Waals surface area contributed by atoms with E-state index in [1.807, 2.05) is 6.92 Å². The molecule has 2 N–H and O–H groups in total. The molecule has 0 saturated carbocycles. The average molecular weight is 357 g/mol. The van der Waals surface area contributed by atoms with E-state index in [0.717, 1.165) is 23.9 Å². The van der Waals surface area contributed by atoms with Crippen molar-refractivity contribution in [2.75, 3.05) is 11.4 Å². The topological polar surface area (TPSA) is 45.6 Å². The lowest BCUT2D eigenvalue weighted by molar-refractivity contribution is -0.464. The Morgan fingerprint density at radius 1 is 1.16 bits per heavy atom. The zero-order chi connectivity index (χ0) is 16.5. The first kappa shape index (κ1) is 17.9. The molecule has 132 valence electrons. The van der Waals surface area contributed by atoms with Crippen LogP contribution in [0.3, 0.4) is 0 Å². The summed E-state index contributed by atoms with van der Waals surface area (Å²) >= 11 is 0. The van der Waals surface area contributed by atoms with Crippen LogP contribution < -0.4 is 22.6 Å². The third kappa shape index (κ3) is 3.42. The van der Waals surface area contributed by atoms with Crippen molar-refractivity contribution in [3.63, 3.8) is 0 Å². The summed E-state index contributed by atoms with van der Waals surface area (Å²) in [6.45, 7) is 5.40. The van der Waals surface area contributed by atoms with Crippen molar-refractivity contribution in [2.45, 2.75) is 45.6 Å². The summed E-state index contributed by atoms with van der Waals surface area (Å²) in [5.41, 5.74) is 4.73. The number of benzene rings is 1. The number of halogens is 1. The molecule has 2 aliphatic heterocycles. The van der Waals surface area contributed by atoms with Gasteiger partial charge in [-0.1, -0.05) is 25.1 Å². The number of rotatable bonds is 3. The molecule has 4 nitrogen and oxygen atoms in total. The van der Waals surface area contributed by atoms with Crippen molar-refractivity contribution in [1.82, 2.24) is 9.97 Å². The molecular formula is C20H25ClN4. The molecule has 1 unspecified atom stereocenters. The van der Waals surface area contributed by atoms with Gasteiger partial charge in [-0.3, -0.25) is 5.32 Å². The van der Waals surface area contributed by atoms with Gasteiger partial charge in [-0.25, -0.2) is 9.97 Å². The van der Waals surface area contributed by atoms with E-state index in [1.54, 1.807) is 0 Å². The predicted octanol–water partition coefficient (Wildman–Crippen LogP) is 0.265. The molecular weight excluding hydrogens is 332 g/mol. The molecule has 25 heavy (non-hydrogen) atoms. The van der Waals surface area contributed by atoms with Gasteiger partial charge in [0, 0.05) is 24.2 Å². The fraction of sp³-hybridized carbons (Fsp3) is 0.400. The minimum absolute atomic E-state index is 0. The van der Waals surface area contributed by atoms with Gasteiger partial charge in [-0.05, 0) is 44.7 Å². The van der Waals surface area contributed by atoms with Crippen LogP contribution in [0.15, 0.2) is 30.3 Å². The van der Waals surface area contributed by atoms with Gasteiger partial charge < -0.3 is 17.3 Å². The van der Waals surface area contributed by atoms with Crippen molar-refractivity contribution >= 4 is 23.3 Å². The van der Waals surface area contributed by atoms with E-state index in [4.69, 9.17) is 9.97 Å². The third-order valence-electron chi connectivity index (χ3n) is 5.14. The number of anilines is 1. The van der Waals surface area contributed by atoms with Gasteiger partial charge >= 0.3 is 0 Å². The maximum absolute atomic E-state index is 4.85. The largest absolute Gasteiger partial charge is 1.00 e. The van der Waals surface area contributed by atoms with Crippen LogP contribution in [-0.4, -0.2) is 22.6 Å². The maximum Gasteiger partial charge on any atom is 0.203 e. The van der Waals surface area contributed by atoms with Crippen molar-refractivity contribution in [3.8, 4) is 0 Å². The first-order valence-corrected chi connectivity index (χ1v) is 9.03. The third-order valence-corrected chi connectivity index (χ3v) is 5.14. The zero-order valence-corrected chi connectivity index (χ0v) is 15.6. The highest BCUT2D eigenvalue weighted by molar-refractivity contribution is 5.86. The van der Waals surface area contributed by atoms with Gasteiger partial charge in [0.05, 0.1) is 0 Å². The lowest BCUT2D eigenvalue weighted by atomic mass is 10.00. The van der Waals surface area contributed by atoms with Gasteiger partial charge in [0.2, 0.25) is 5.69 Å². The summed E-state index contributed by atoms with van der Waals surface area (Å²) in [6.07, 6.45) is 7.24. The number of nitrogens with two attached hydrogens (primary N) is 1. The molecule has 1 saturated heterocycles. The Morgan fingerprint density at radius 2 is 1.96 bits per heavy atom. The van der Waals surface area contributed by atoms with E-state index >= 15 is 0 Å². The number of piperidine rings is 1. The predicted molar refractivity (Wildman–Crippen MR) is 97.9 cm³/mol. The Labute approximate surface area is 155 Å². The van der Waals surface area contributed by atoms with E-state index in [9.17, 15) is 0 Å². The number of aryl methyl sites for hydroxylation is 1. The Balaban J connectivity index is 0.00000182.